The minimum Gasteiger partial charge on any atom is -0.263 e. The highest BCUT2D eigenvalue weighted by molar-refractivity contribution is 7.92. The van der Waals surface area contributed by atoms with Crippen molar-refractivity contribution >= 4 is 15.7 Å². The van der Waals surface area contributed by atoms with E-state index in [0.717, 1.165) is 21.7 Å². The molecule has 0 atom stereocenters. The molecule has 0 aromatic heterocycles. The Labute approximate surface area is 118 Å². The van der Waals surface area contributed by atoms with Gasteiger partial charge in [0.1, 0.15) is 5.82 Å². The fourth-order valence-electron chi connectivity index (χ4n) is 1.98. The van der Waals surface area contributed by atoms with Gasteiger partial charge in [0.15, 0.2) is 0 Å². The predicted octanol–water partition coefficient (Wildman–Crippen LogP) is 3.10. The van der Waals surface area contributed by atoms with Crippen molar-refractivity contribution in [1.29, 1.82) is 0 Å². The summed E-state index contributed by atoms with van der Waals surface area (Å²) in [6.45, 7) is 2.02. The summed E-state index contributed by atoms with van der Waals surface area (Å²) in [5.74, 6) is -0.550. The minimum absolute atomic E-state index is 0.0678. The maximum atomic E-state index is 13.9. The SMILES string of the molecule is Cc1ccccc1CN(c1ccccc1F)S(C)(=O)=O. The van der Waals surface area contributed by atoms with Gasteiger partial charge in [0.05, 0.1) is 18.5 Å². The van der Waals surface area contributed by atoms with E-state index in [-0.39, 0.29) is 12.2 Å². The van der Waals surface area contributed by atoms with Gasteiger partial charge in [-0.25, -0.2) is 12.8 Å². The van der Waals surface area contributed by atoms with E-state index in [9.17, 15) is 12.8 Å². The summed E-state index contributed by atoms with van der Waals surface area (Å²) in [5, 5.41) is 0. The van der Waals surface area contributed by atoms with Gasteiger partial charge in [0.2, 0.25) is 10.0 Å². The molecular weight excluding hydrogens is 277 g/mol. The predicted molar refractivity (Wildman–Crippen MR) is 78.6 cm³/mol. The maximum Gasteiger partial charge on any atom is 0.232 e. The molecule has 0 bridgehead atoms. The van der Waals surface area contributed by atoms with Crippen molar-refractivity contribution in [3.63, 3.8) is 0 Å². The summed E-state index contributed by atoms with van der Waals surface area (Å²) in [6.07, 6.45) is 1.08. The molecule has 0 aliphatic heterocycles. The van der Waals surface area contributed by atoms with Crippen LogP contribution in [0, 0.1) is 12.7 Å². The Hall–Kier alpha value is -1.88. The monoisotopic (exact) mass is 293 g/mol. The van der Waals surface area contributed by atoms with Crippen LogP contribution in [-0.4, -0.2) is 14.7 Å². The molecule has 0 aliphatic rings. The molecule has 106 valence electrons. The van der Waals surface area contributed by atoms with Gasteiger partial charge in [-0.1, -0.05) is 36.4 Å². The first kappa shape index (κ1) is 14.5. The highest BCUT2D eigenvalue weighted by atomic mass is 32.2. The van der Waals surface area contributed by atoms with Crippen LogP contribution in [0.15, 0.2) is 48.5 Å². The zero-order chi connectivity index (χ0) is 14.8. The van der Waals surface area contributed by atoms with Crippen molar-refractivity contribution in [2.24, 2.45) is 0 Å². The molecule has 0 N–H and O–H groups in total. The molecule has 0 saturated carbocycles. The van der Waals surface area contributed by atoms with Crippen molar-refractivity contribution in [3.8, 4) is 0 Å². The quantitative estimate of drug-likeness (QED) is 0.868. The number of nitrogens with zero attached hydrogens (tertiary/aromatic N) is 1. The van der Waals surface area contributed by atoms with E-state index in [1.807, 2.05) is 31.2 Å². The summed E-state index contributed by atoms with van der Waals surface area (Å²) in [4.78, 5) is 0. The van der Waals surface area contributed by atoms with Crippen LogP contribution in [0.3, 0.4) is 0 Å². The summed E-state index contributed by atoms with van der Waals surface area (Å²) in [6, 6.07) is 13.3. The molecule has 0 amide bonds. The van der Waals surface area contributed by atoms with Gasteiger partial charge in [0, 0.05) is 0 Å². The molecule has 20 heavy (non-hydrogen) atoms. The smallest absolute Gasteiger partial charge is 0.232 e. The van der Waals surface area contributed by atoms with Crippen molar-refractivity contribution in [1.82, 2.24) is 0 Å². The Morgan fingerprint density at radius 1 is 1.05 bits per heavy atom. The largest absolute Gasteiger partial charge is 0.263 e. The highest BCUT2D eigenvalue weighted by Crippen LogP contribution is 2.24. The van der Waals surface area contributed by atoms with E-state index >= 15 is 0 Å². The molecule has 2 aromatic carbocycles. The number of halogens is 1. The van der Waals surface area contributed by atoms with Crippen LogP contribution in [0.2, 0.25) is 0 Å². The molecule has 0 radical (unpaired) electrons. The minimum atomic E-state index is -3.56. The Kier molecular flexibility index (Phi) is 4.09. The van der Waals surface area contributed by atoms with Crippen molar-refractivity contribution in [3.05, 3.63) is 65.5 Å². The standard InChI is InChI=1S/C15H16FNO2S/c1-12-7-3-4-8-13(12)11-17(20(2,18)19)15-10-6-5-9-14(15)16/h3-10H,11H2,1-2H3. The first-order valence-electron chi connectivity index (χ1n) is 6.16. The van der Waals surface area contributed by atoms with Crippen LogP contribution in [0.1, 0.15) is 11.1 Å². The van der Waals surface area contributed by atoms with Gasteiger partial charge >= 0.3 is 0 Å². The molecule has 2 rings (SSSR count). The summed E-state index contributed by atoms with van der Waals surface area (Å²) in [7, 11) is -3.56. The number of para-hydroxylation sites is 1. The highest BCUT2D eigenvalue weighted by Gasteiger charge is 2.21. The first-order chi connectivity index (χ1) is 9.39. The molecule has 0 fully saturated rings. The molecule has 0 unspecified atom stereocenters. The molecule has 5 heteroatoms. The van der Waals surface area contributed by atoms with Gasteiger partial charge in [-0.3, -0.25) is 4.31 Å². The van der Waals surface area contributed by atoms with Crippen LogP contribution in [0.5, 0.6) is 0 Å². The van der Waals surface area contributed by atoms with Crippen molar-refractivity contribution in [2.45, 2.75) is 13.5 Å². The van der Waals surface area contributed by atoms with Crippen LogP contribution in [0.4, 0.5) is 10.1 Å². The molecule has 0 heterocycles. The van der Waals surface area contributed by atoms with E-state index in [4.69, 9.17) is 0 Å². The second kappa shape index (κ2) is 5.63. The van der Waals surface area contributed by atoms with Gasteiger partial charge in [0.25, 0.3) is 0 Å². The second-order valence-electron chi connectivity index (χ2n) is 4.65. The molecule has 3 nitrogen and oxygen atoms in total. The van der Waals surface area contributed by atoms with Crippen molar-refractivity contribution in [2.75, 3.05) is 10.6 Å². The second-order valence-corrected chi connectivity index (χ2v) is 6.55. The lowest BCUT2D eigenvalue weighted by Gasteiger charge is -2.23. The van der Waals surface area contributed by atoms with E-state index in [1.165, 1.54) is 18.2 Å². The molecule has 2 aromatic rings. The van der Waals surface area contributed by atoms with Crippen LogP contribution >= 0.6 is 0 Å². The average Bonchev–Trinajstić information content (AvgIpc) is 2.38. The third-order valence-electron chi connectivity index (χ3n) is 3.10. The van der Waals surface area contributed by atoms with Gasteiger partial charge in [-0.05, 0) is 30.2 Å². The van der Waals surface area contributed by atoms with E-state index in [2.05, 4.69) is 0 Å². The lowest BCUT2D eigenvalue weighted by molar-refractivity contribution is 0.589. The zero-order valence-corrected chi connectivity index (χ0v) is 12.2. The van der Waals surface area contributed by atoms with Crippen LogP contribution in [-0.2, 0) is 16.6 Å². The fraction of sp³-hybridized carbons (Fsp3) is 0.200. The number of rotatable bonds is 4. The number of hydrogen-bond acceptors (Lipinski definition) is 2. The van der Waals surface area contributed by atoms with E-state index in [1.54, 1.807) is 6.07 Å². The number of anilines is 1. The number of hydrogen-bond donors (Lipinski definition) is 0. The zero-order valence-electron chi connectivity index (χ0n) is 11.4. The van der Waals surface area contributed by atoms with Gasteiger partial charge in [-0.15, -0.1) is 0 Å². The van der Waals surface area contributed by atoms with Gasteiger partial charge in [-0.2, -0.15) is 0 Å². The van der Waals surface area contributed by atoms with Gasteiger partial charge < -0.3 is 0 Å². The maximum absolute atomic E-state index is 13.9. The Balaban J connectivity index is 2.46. The normalized spacial score (nSPS) is 11.3. The molecule has 0 aliphatic carbocycles. The average molecular weight is 293 g/mol. The lowest BCUT2D eigenvalue weighted by atomic mass is 10.1. The van der Waals surface area contributed by atoms with E-state index < -0.39 is 15.8 Å². The van der Waals surface area contributed by atoms with Crippen LogP contribution in [0.25, 0.3) is 0 Å². The molecular formula is C15H16FNO2S. The fourth-order valence-corrected chi connectivity index (χ4v) is 2.86. The Bertz CT molecular complexity index is 713. The summed E-state index contributed by atoms with van der Waals surface area (Å²) in [5.41, 5.74) is 1.89. The number of sulfonamides is 1. The summed E-state index contributed by atoms with van der Waals surface area (Å²) >= 11 is 0. The van der Waals surface area contributed by atoms with Crippen molar-refractivity contribution < 1.29 is 12.8 Å². The lowest BCUT2D eigenvalue weighted by Crippen LogP contribution is -2.30. The third-order valence-corrected chi connectivity index (χ3v) is 4.22. The number of benzene rings is 2. The van der Waals surface area contributed by atoms with E-state index in [0.29, 0.717) is 0 Å². The number of aryl methyl sites for hydroxylation is 1. The Morgan fingerprint density at radius 2 is 1.65 bits per heavy atom. The topological polar surface area (TPSA) is 37.4 Å². The first-order valence-corrected chi connectivity index (χ1v) is 8.01. The Morgan fingerprint density at radius 3 is 2.25 bits per heavy atom. The molecule has 0 saturated heterocycles. The third kappa shape index (κ3) is 3.17. The van der Waals surface area contributed by atoms with Crippen LogP contribution < -0.4 is 4.31 Å². The summed E-state index contributed by atoms with van der Waals surface area (Å²) < 4.78 is 38.9. The molecule has 0 spiro atoms.